The van der Waals surface area contributed by atoms with Gasteiger partial charge in [0.1, 0.15) is 17.2 Å². The lowest BCUT2D eigenvalue weighted by Crippen LogP contribution is -2.47. The molecule has 4 heteroatoms. The van der Waals surface area contributed by atoms with Crippen molar-refractivity contribution in [3.05, 3.63) is 29.6 Å². The molecule has 2 N–H and O–H groups in total. The second kappa shape index (κ2) is 3.96. The van der Waals surface area contributed by atoms with Crippen molar-refractivity contribution in [2.75, 3.05) is 13.2 Å². The van der Waals surface area contributed by atoms with Gasteiger partial charge in [0.15, 0.2) is 0 Å². The molecule has 0 radical (unpaired) electrons. The van der Waals surface area contributed by atoms with Crippen molar-refractivity contribution in [1.29, 1.82) is 0 Å². The average Bonchev–Trinajstić information content (AvgIpc) is 2.31. The van der Waals surface area contributed by atoms with Crippen molar-refractivity contribution in [2.24, 2.45) is 5.73 Å². The van der Waals surface area contributed by atoms with E-state index in [2.05, 4.69) is 0 Å². The first-order chi connectivity index (χ1) is 8.19. The Bertz CT molecular complexity index is 429. The van der Waals surface area contributed by atoms with Gasteiger partial charge in [-0.1, -0.05) is 0 Å². The highest BCUT2D eigenvalue weighted by Gasteiger charge is 2.41. The Morgan fingerprint density at radius 2 is 2.06 bits per heavy atom. The minimum atomic E-state index is -0.259. The zero-order chi connectivity index (χ0) is 11.9. The maximum absolute atomic E-state index is 13.2. The van der Waals surface area contributed by atoms with E-state index in [4.69, 9.17) is 15.2 Å². The van der Waals surface area contributed by atoms with Crippen molar-refractivity contribution in [2.45, 2.75) is 30.9 Å². The van der Waals surface area contributed by atoms with Crippen molar-refractivity contribution < 1.29 is 13.9 Å². The maximum atomic E-state index is 13.2. The second-order valence-electron chi connectivity index (χ2n) is 4.89. The van der Waals surface area contributed by atoms with Crippen molar-refractivity contribution in [1.82, 2.24) is 0 Å². The lowest BCUT2D eigenvalue weighted by atomic mass is 9.82. The van der Waals surface area contributed by atoms with E-state index < -0.39 is 0 Å². The maximum Gasteiger partial charge on any atom is 0.125 e. The normalized spacial score (nSPS) is 26.4. The first-order valence-electron chi connectivity index (χ1n) is 6.00. The molecular formula is C13H16FNO2. The minimum absolute atomic E-state index is 0.146. The van der Waals surface area contributed by atoms with Crippen LogP contribution in [0.3, 0.4) is 0 Å². The third-order valence-electron chi connectivity index (χ3n) is 3.69. The molecule has 1 spiro atoms. The zero-order valence-corrected chi connectivity index (χ0v) is 9.62. The number of hydrogen-bond donors (Lipinski definition) is 1. The van der Waals surface area contributed by atoms with Gasteiger partial charge in [-0.15, -0.1) is 0 Å². The molecule has 1 fully saturated rings. The summed E-state index contributed by atoms with van der Waals surface area (Å²) in [6.07, 6.45) is 2.46. The molecule has 2 heterocycles. The summed E-state index contributed by atoms with van der Waals surface area (Å²) in [6.45, 7) is 1.42. The quantitative estimate of drug-likeness (QED) is 0.752. The van der Waals surface area contributed by atoms with Crippen LogP contribution in [0.4, 0.5) is 4.39 Å². The molecule has 0 bridgehead atoms. The van der Waals surface area contributed by atoms with Crippen molar-refractivity contribution >= 4 is 0 Å². The molecule has 0 unspecified atom stereocenters. The van der Waals surface area contributed by atoms with Gasteiger partial charge in [0.2, 0.25) is 0 Å². The van der Waals surface area contributed by atoms with E-state index >= 15 is 0 Å². The molecule has 1 atom stereocenters. The Balaban J connectivity index is 1.94. The molecular weight excluding hydrogens is 221 g/mol. The molecule has 0 aliphatic carbocycles. The van der Waals surface area contributed by atoms with E-state index in [1.807, 2.05) is 0 Å². The molecule has 0 saturated carbocycles. The van der Waals surface area contributed by atoms with E-state index in [9.17, 15) is 4.39 Å². The number of nitrogens with two attached hydrogens (primary N) is 1. The SMILES string of the molecule is N[C@@H]1CC2(CCOCC2)Oc2ccc(F)cc21. The van der Waals surface area contributed by atoms with Gasteiger partial charge in [-0.2, -0.15) is 0 Å². The Morgan fingerprint density at radius 1 is 1.29 bits per heavy atom. The molecule has 0 aromatic heterocycles. The van der Waals surface area contributed by atoms with Gasteiger partial charge >= 0.3 is 0 Å². The van der Waals surface area contributed by atoms with Gasteiger partial charge in [-0.3, -0.25) is 0 Å². The fourth-order valence-corrected chi connectivity index (χ4v) is 2.74. The highest BCUT2D eigenvalue weighted by Crippen LogP contribution is 2.43. The van der Waals surface area contributed by atoms with Crippen LogP contribution in [0, 0.1) is 5.82 Å². The first kappa shape index (κ1) is 11.0. The number of hydrogen-bond acceptors (Lipinski definition) is 3. The van der Waals surface area contributed by atoms with Gasteiger partial charge in [-0.05, 0) is 18.2 Å². The molecule has 2 aliphatic heterocycles. The van der Waals surface area contributed by atoms with Gasteiger partial charge in [-0.25, -0.2) is 4.39 Å². The van der Waals surface area contributed by atoms with Crippen LogP contribution in [0.1, 0.15) is 30.9 Å². The molecule has 1 saturated heterocycles. The van der Waals surface area contributed by atoms with Gasteiger partial charge in [0, 0.05) is 30.9 Å². The molecule has 3 rings (SSSR count). The molecule has 0 amide bonds. The molecule has 92 valence electrons. The van der Waals surface area contributed by atoms with Gasteiger partial charge in [0.05, 0.1) is 13.2 Å². The molecule has 2 aliphatic rings. The van der Waals surface area contributed by atoms with Crippen molar-refractivity contribution in [3.63, 3.8) is 0 Å². The largest absolute Gasteiger partial charge is 0.487 e. The van der Waals surface area contributed by atoms with Crippen LogP contribution in [0.15, 0.2) is 18.2 Å². The summed E-state index contributed by atoms with van der Waals surface area (Å²) in [5.74, 6) is 0.470. The second-order valence-corrected chi connectivity index (χ2v) is 4.89. The molecule has 1 aromatic rings. The lowest BCUT2D eigenvalue weighted by molar-refractivity contribution is -0.0621. The van der Waals surface area contributed by atoms with E-state index in [-0.39, 0.29) is 17.5 Å². The van der Waals surface area contributed by atoms with E-state index in [1.54, 1.807) is 6.07 Å². The summed E-state index contributed by atoms with van der Waals surface area (Å²) in [5.41, 5.74) is 6.71. The number of rotatable bonds is 0. The number of fused-ring (bicyclic) bond motifs is 1. The molecule has 17 heavy (non-hydrogen) atoms. The fraction of sp³-hybridized carbons (Fsp3) is 0.538. The summed E-state index contributed by atoms with van der Waals surface area (Å²) >= 11 is 0. The summed E-state index contributed by atoms with van der Waals surface area (Å²) in [5, 5.41) is 0. The van der Waals surface area contributed by atoms with Crippen LogP contribution in [0.2, 0.25) is 0 Å². The van der Waals surface area contributed by atoms with Crippen LogP contribution in [0.5, 0.6) is 5.75 Å². The zero-order valence-electron chi connectivity index (χ0n) is 9.62. The highest BCUT2D eigenvalue weighted by atomic mass is 19.1. The Labute approximate surface area is 99.7 Å². The predicted octanol–water partition coefficient (Wildman–Crippen LogP) is 2.16. The predicted molar refractivity (Wildman–Crippen MR) is 61.4 cm³/mol. The number of ether oxygens (including phenoxy) is 2. The Hall–Kier alpha value is -1.13. The van der Waals surface area contributed by atoms with Crippen LogP contribution < -0.4 is 10.5 Å². The van der Waals surface area contributed by atoms with Gasteiger partial charge in [0.25, 0.3) is 0 Å². The molecule has 1 aromatic carbocycles. The molecule has 3 nitrogen and oxygen atoms in total. The minimum Gasteiger partial charge on any atom is -0.487 e. The van der Waals surface area contributed by atoms with Gasteiger partial charge < -0.3 is 15.2 Å². The van der Waals surface area contributed by atoms with E-state index in [0.717, 1.165) is 30.6 Å². The number of halogens is 1. The highest BCUT2D eigenvalue weighted by molar-refractivity contribution is 5.39. The van der Waals surface area contributed by atoms with E-state index in [1.165, 1.54) is 12.1 Å². The summed E-state index contributed by atoms with van der Waals surface area (Å²) in [7, 11) is 0. The summed E-state index contributed by atoms with van der Waals surface area (Å²) < 4.78 is 24.6. The Morgan fingerprint density at radius 3 is 2.82 bits per heavy atom. The lowest BCUT2D eigenvalue weighted by Gasteiger charge is -2.43. The smallest absolute Gasteiger partial charge is 0.125 e. The first-order valence-corrected chi connectivity index (χ1v) is 6.00. The van der Waals surface area contributed by atoms with Crippen LogP contribution in [0.25, 0.3) is 0 Å². The Kier molecular flexibility index (Phi) is 2.56. The summed E-state index contributed by atoms with van der Waals surface area (Å²) in [6, 6.07) is 4.43. The topological polar surface area (TPSA) is 44.5 Å². The van der Waals surface area contributed by atoms with Crippen molar-refractivity contribution in [3.8, 4) is 5.75 Å². The third kappa shape index (κ3) is 1.91. The average molecular weight is 237 g/mol. The van der Waals surface area contributed by atoms with Crippen LogP contribution in [-0.2, 0) is 4.74 Å². The standard InChI is InChI=1S/C13H16FNO2/c14-9-1-2-12-10(7-9)11(15)8-13(17-12)3-5-16-6-4-13/h1-2,7,11H,3-6,8,15H2/t11-/m1/s1. The summed E-state index contributed by atoms with van der Waals surface area (Å²) in [4.78, 5) is 0. The fourth-order valence-electron chi connectivity index (χ4n) is 2.74. The monoisotopic (exact) mass is 237 g/mol. The van der Waals surface area contributed by atoms with Crippen LogP contribution >= 0.6 is 0 Å². The number of benzene rings is 1. The van der Waals surface area contributed by atoms with Crippen LogP contribution in [-0.4, -0.2) is 18.8 Å². The van der Waals surface area contributed by atoms with E-state index in [0.29, 0.717) is 13.2 Å². The third-order valence-corrected chi connectivity index (χ3v) is 3.69.